The van der Waals surface area contributed by atoms with E-state index in [-0.39, 0.29) is 18.0 Å². The molecule has 0 N–H and O–H groups in total. The zero-order valence-corrected chi connectivity index (χ0v) is 15.4. The molecule has 0 aliphatic carbocycles. The van der Waals surface area contributed by atoms with Crippen LogP contribution >= 0.6 is 11.3 Å². The van der Waals surface area contributed by atoms with Gasteiger partial charge in [-0.05, 0) is 6.42 Å². The number of carbonyl (C=O) groups is 1. The van der Waals surface area contributed by atoms with Crippen molar-refractivity contribution in [3.63, 3.8) is 0 Å². The summed E-state index contributed by atoms with van der Waals surface area (Å²) < 4.78 is 2.99. The molecule has 1 fully saturated rings. The second-order valence-corrected chi connectivity index (χ2v) is 7.19. The maximum absolute atomic E-state index is 12.5. The van der Waals surface area contributed by atoms with Crippen molar-refractivity contribution in [3.8, 4) is 0 Å². The number of hydrogen-bond acceptors (Lipinski definition) is 7. The van der Waals surface area contributed by atoms with E-state index < -0.39 is 0 Å². The Morgan fingerprint density at radius 3 is 2.81 bits per heavy atom. The number of carbonyl (C=O) groups excluding carboxylic acids is 1. The highest BCUT2D eigenvalue weighted by Gasteiger charge is 2.28. The van der Waals surface area contributed by atoms with Gasteiger partial charge in [-0.3, -0.25) is 14.3 Å². The van der Waals surface area contributed by atoms with Crippen LogP contribution in [0.2, 0.25) is 0 Å². The molecular formula is C16H19N7O2S. The topological polar surface area (TPSA) is 88.6 Å². The minimum absolute atomic E-state index is 0.0181. The first-order valence-corrected chi connectivity index (χ1v) is 9.30. The first-order chi connectivity index (χ1) is 12.5. The lowest BCUT2D eigenvalue weighted by molar-refractivity contribution is -0.117. The van der Waals surface area contributed by atoms with Crippen LogP contribution in [0.15, 0.2) is 23.3 Å². The van der Waals surface area contributed by atoms with Gasteiger partial charge in [0.15, 0.2) is 0 Å². The van der Waals surface area contributed by atoms with Gasteiger partial charge < -0.3 is 9.80 Å². The summed E-state index contributed by atoms with van der Waals surface area (Å²) in [6.45, 7) is 3.45. The van der Waals surface area contributed by atoms with Crippen molar-refractivity contribution in [2.24, 2.45) is 7.05 Å². The number of nitrogens with zero attached hydrogens (tertiary/aromatic N) is 7. The monoisotopic (exact) mass is 373 g/mol. The minimum Gasteiger partial charge on any atom is -0.336 e. The number of fused-ring (bicyclic) bond motifs is 1. The van der Waals surface area contributed by atoms with E-state index in [2.05, 4.69) is 22.1 Å². The minimum atomic E-state index is -0.179. The van der Waals surface area contributed by atoms with Gasteiger partial charge in [-0.15, -0.1) is 5.10 Å². The molecule has 0 saturated carbocycles. The van der Waals surface area contributed by atoms with Crippen LogP contribution in [0.3, 0.4) is 0 Å². The number of aryl methyl sites for hydroxylation is 2. The third-order valence-electron chi connectivity index (χ3n) is 4.29. The van der Waals surface area contributed by atoms with Crippen LogP contribution < -0.4 is 15.4 Å². The Morgan fingerprint density at radius 2 is 2.12 bits per heavy atom. The number of rotatable bonds is 4. The Hall–Kier alpha value is -2.75. The molecule has 4 rings (SSSR count). The number of aromatic nitrogens is 5. The molecular weight excluding hydrogens is 354 g/mol. The molecule has 0 atom stereocenters. The smallest absolute Gasteiger partial charge is 0.275 e. The van der Waals surface area contributed by atoms with Crippen molar-refractivity contribution >= 4 is 33.0 Å². The second-order valence-electron chi connectivity index (χ2n) is 6.25. The lowest BCUT2D eigenvalue weighted by atomic mass is 10.2. The van der Waals surface area contributed by atoms with Gasteiger partial charge in [0.1, 0.15) is 0 Å². The zero-order valence-electron chi connectivity index (χ0n) is 14.6. The Labute approximate surface area is 153 Å². The van der Waals surface area contributed by atoms with Crippen LogP contribution in [0.5, 0.6) is 0 Å². The third kappa shape index (κ3) is 2.96. The third-order valence-corrected chi connectivity index (χ3v) is 5.26. The molecule has 4 heterocycles. The van der Waals surface area contributed by atoms with E-state index in [4.69, 9.17) is 0 Å². The summed E-state index contributed by atoms with van der Waals surface area (Å²) in [5.74, 6) is -0.0181. The Kier molecular flexibility index (Phi) is 4.19. The maximum atomic E-state index is 12.5. The van der Waals surface area contributed by atoms with Gasteiger partial charge in [0.25, 0.3) is 5.56 Å². The zero-order chi connectivity index (χ0) is 18.3. The van der Waals surface area contributed by atoms with Gasteiger partial charge in [-0.1, -0.05) is 24.7 Å². The SMILES string of the molecule is CCCc1cc(=O)n2nc(N3CCN(c4cnn(C)c4)C(=O)C3)sc2n1. The number of hydrogen-bond donors (Lipinski definition) is 0. The van der Waals surface area contributed by atoms with Crippen molar-refractivity contribution in [3.05, 3.63) is 34.5 Å². The Morgan fingerprint density at radius 1 is 1.27 bits per heavy atom. The highest BCUT2D eigenvalue weighted by molar-refractivity contribution is 7.20. The predicted octanol–water partition coefficient (Wildman–Crippen LogP) is 0.690. The van der Waals surface area contributed by atoms with E-state index in [1.165, 1.54) is 21.9 Å². The summed E-state index contributed by atoms with van der Waals surface area (Å²) >= 11 is 1.34. The van der Waals surface area contributed by atoms with Gasteiger partial charge in [0.2, 0.25) is 16.0 Å². The fraction of sp³-hybridized carbons (Fsp3) is 0.438. The van der Waals surface area contributed by atoms with E-state index >= 15 is 0 Å². The molecule has 3 aromatic heterocycles. The number of piperazine rings is 1. The molecule has 10 heteroatoms. The fourth-order valence-corrected chi connectivity index (χ4v) is 3.97. The molecule has 136 valence electrons. The van der Waals surface area contributed by atoms with Crippen LogP contribution in [0.1, 0.15) is 19.0 Å². The summed E-state index contributed by atoms with van der Waals surface area (Å²) in [6.07, 6.45) is 5.20. The fourth-order valence-electron chi connectivity index (χ4n) is 3.02. The van der Waals surface area contributed by atoms with E-state index in [1.54, 1.807) is 15.8 Å². The van der Waals surface area contributed by atoms with Gasteiger partial charge in [0, 0.05) is 38.1 Å². The lowest BCUT2D eigenvalue weighted by Gasteiger charge is -2.33. The average molecular weight is 373 g/mol. The average Bonchev–Trinajstić information content (AvgIpc) is 3.22. The van der Waals surface area contributed by atoms with Gasteiger partial charge in [0.05, 0.1) is 18.4 Å². The van der Waals surface area contributed by atoms with E-state index in [1.807, 2.05) is 18.1 Å². The quantitative estimate of drug-likeness (QED) is 0.669. The molecule has 1 aliphatic heterocycles. The predicted molar refractivity (Wildman–Crippen MR) is 98.9 cm³/mol. The van der Waals surface area contributed by atoms with E-state index in [9.17, 15) is 9.59 Å². The first-order valence-electron chi connectivity index (χ1n) is 8.49. The van der Waals surface area contributed by atoms with Crippen molar-refractivity contribution in [2.45, 2.75) is 19.8 Å². The summed E-state index contributed by atoms with van der Waals surface area (Å²) in [7, 11) is 1.82. The molecule has 9 nitrogen and oxygen atoms in total. The molecule has 0 bridgehead atoms. The van der Waals surface area contributed by atoms with Gasteiger partial charge in [-0.25, -0.2) is 4.98 Å². The number of amides is 1. The molecule has 3 aromatic rings. The normalized spacial score (nSPS) is 15.2. The van der Waals surface area contributed by atoms with Crippen molar-refractivity contribution in [2.75, 3.05) is 29.4 Å². The molecule has 0 radical (unpaired) electrons. The Bertz CT molecular complexity index is 1020. The van der Waals surface area contributed by atoms with Crippen LogP contribution in [0.25, 0.3) is 4.96 Å². The standard InChI is InChI=1S/C16H19N7O2S/c1-3-4-11-7-13(24)23-15(18-11)26-16(19-23)21-5-6-22(14(25)10-21)12-8-17-20(2)9-12/h7-9H,3-6,10H2,1-2H3. The maximum Gasteiger partial charge on any atom is 0.275 e. The van der Waals surface area contributed by atoms with Gasteiger partial charge in [-0.2, -0.15) is 9.61 Å². The molecule has 0 unspecified atom stereocenters. The molecule has 0 aromatic carbocycles. The first kappa shape index (κ1) is 16.7. The summed E-state index contributed by atoms with van der Waals surface area (Å²) in [6, 6.07) is 1.53. The van der Waals surface area contributed by atoms with E-state index in [0.29, 0.717) is 23.2 Å². The number of anilines is 2. The van der Waals surface area contributed by atoms with Crippen molar-refractivity contribution in [1.82, 2.24) is 24.4 Å². The van der Waals surface area contributed by atoms with Crippen molar-refractivity contribution < 1.29 is 4.79 Å². The summed E-state index contributed by atoms with van der Waals surface area (Å²) in [5, 5.41) is 9.13. The van der Waals surface area contributed by atoms with E-state index in [0.717, 1.165) is 24.2 Å². The van der Waals surface area contributed by atoms with Gasteiger partial charge >= 0.3 is 0 Å². The molecule has 0 spiro atoms. The molecule has 1 saturated heterocycles. The van der Waals surface area contributed by atoms with Crippen molar-refractivity contribution in [1.29, 1.82) is 0 Å². The summed E-state index contributed by atoms with van der Waals surface area (Å²) in [4.78, 5) is 33.5. The molecule has 26 heavy (non-hydrogen) atoms. The van der Waals surface area contributed by atoms with Crippen LogP contribution in [-0.2, 0) is 18.3 Å². The lowest BCUT2D eigenvalue weighted by Crippen LogP contribution is -2.50. The molecule has 1 amide bonds. The van der Waals surface area contributed by atoms with Crippen LogP contribution in [0.4, 0.5) is 10.8 Å². The summed E-state index contributed by atoms with van der Waals surface area (Å²) in [5.41, 5.74) is 1.40. The second kappa shape index (κ2) is 6.52. The highest BCUT2D eigenvalue weighted by Crippen LogP contribution is 2.24. The largest absolute Gasteiger partial charge is 0.336 e. The Balaban J connectivity index is 1.58. The molecule has 1 aliphatic rings. The highest BCUT2D eigenvalue weighted by atomic mass is 32.1. The van der Waals surface area contributed by atoms with Crippen LogP contribution in [0, 0.1) is 0 Å². The van der Waals surface area contributed by atoms with Crippen LogP contribution in [-0.4, -0.2) is 49.9 Å².